The average Bonchev–Trinajstić information content (AvgIpc) is 2.92. The maximum absolute atomic E-state index is 12.0. The number of morpholine rings is 1. The zero-order valence-electron chi connectivity index (χ0n) is 11.3. The highest BCUT2D eigenvalue weighted by Crippen LogP contribution is 2.21. The van der Waals surface area contributed by atoms with Crippen LogP contribution in [0.1, 0.15) is 5.56 Å². The molecule has 21 heavy (non-hydrogen) atoms. The number of rotatable bonds is 2. The van der Waals surface area contributed by atoms with Crippen LogP contribution in [0.2, 0.25) is 0 Å². The smallest absolute Gasteiger partial charge is 0.366 e. The number of nitrogens with zero attached hydrogens (tertiary/aromatic N) is 3. The Morgan fingerprint density at radius 2 is 1.95 bits per heavy atom. The topological polar surface area (TPSA) is 74.9 Å². The van der Waals surface area contributed by atoms with E-state index in [9.17, 15) is 10.1 Å². The summed E-state index contributed by atoms with van der Waals surface area (Å²) in [5.41, 5.74) is 1.02. The molecule has 1 aromatic rings. The van der Waals surface area contributed by atoms with Crippen LogP contribution in [-0.4, -0.2) is 43.1 Å². The molecule has 2 aliphatic heterocycles. The quantitative estimate of drug-likeness (QED) is 0.461. The molecule has 0 saturated carbocycles. The lowest BCUT2D eigenvalue weighted by molar-refractivity contribution is -0.130. The summed E-state index contributed by atoms with van der Waals surface area (Å²) < 4.78 is 10.4. The summed E-state index contributed by atoms with van der Waals surface area (Å²) in [6.45, 7) is 2.19. The van der Waals surface area contributed by atoms with Crippen molar-refractivity contribution < 1.29 is 14.3 Å². The van der Waals surface area contributed by atoms with Gasteiger partial charge >= 0.3 is 5.97 Å². The Morgan fingerprint density at radius 1 is 1.24 bits per heavy atom. The van der Waals surface area contributed by atoms with E-state index in [1.54, 1.807) is 17.0 Å². The van der Waals surface area contributed by atoms with E-state index < -0.39 is 5.97 Å². The highest BCUT2D eigenvalue weighted by Gasteiger charge is 2.30. The van der Waals surface area contributed by atoms with Crippen LogP contribution < -0.4 is 0 Å². The molecular weight excluding hydrogens is 270 g/mol. The van der Waals surface area contributed by atoms with Crippen molar-refractivity contribution in [1.82, 2.24) is 4.90 Å². The summed E-state index contributed by atoms with van der Waals surface area (Å²) in [6, 6.07) is 11.2. The van der Waals surface area contributed by atoms with Gasteiger partial charge in [0.15, 0.2) is 5.70 Å². The largest absolute Gasteiger partial charge is 0.402 e. The maximum atomic E-state index is 12.0. The minimum atomic E-state index is -0.586. The summed E-state index contributed by atoms with van der Waals surface area (Å²) in [5, 5.41) is 9.35. The van der Waals surface area contributed by atoms with Gasteiger partial charge in [0.25, 0.3) is 0 Å². The molecule has 0 atom stereocenters. The van der Waals surface area contributed by atoms with Gasteiger partial charge in [-0.2, -0.15) is 5.26 Å². The van der Waals surface area contributed by atoms with Crippen LogP contribution in [0.3, 0.4) is 0 Å². The molecule has 6 heteroatoms. The first kappa shape index (κ1) is 13.3. The maximum Gasteiger partial charge on any atom is 0.366 e. The monoisotopic (exact) mass is 283 g/mol. The number of aliphatic imine (C=N–C) groups is 1. The molecule has 1 fully saturated rings. The summed E-state index contributed by atoms with van der Waals surface area (Å²) in [7, 11) is 0. The second-order valence-electron chi connectivity index (χ2n) is 4.58. The average molecular weight is 283 g/mol. The Labute approximate surface area is 121 Å². The number of allylic oxidation sites excluding steroid dienone is 1. The first-order valence-electron chi connectivity index (χ1n) is 6.63. The van der Waals surface area contributed by atoms with Crippen LogP contribution in [0.4, 0.5) is 0 Å². The Morgan fingerprint density at radius 3 is 2.62 bits per heavy atom. The Bertz CT molecular complexity index is 652. The van der Waals surface area contributed by atoms with Gasteiger partial charge in [0.2, 0.25) is 5.90 Å². The first-order valence-corrected chi connectivity index (χ1v) is 6.63. The molecule has 6 nitrogen and oxygen atoms in total. The SMILES string of the molecule is N#C/C(=C1/N=C(c2ccccc2)OC1=O)N1CCOCC1. The third kappa shape index (κ3) is 2.64. The lowest BCUT2D eigenvalue weighted by Crippen LogP contribution is -2.36. The number of carbonyl (C=O) groups excluding carboxylic acids is 1. The lowest BCUT2D eigenvalue weighted by atomic mass is 10.2. The number of benzene rings is 1. The van der Waals surface area contributed by atoms with E-state index in [1.165, 1.54) is 0 Å². The van der Waals surface area contributed by atoms with Gasteiger partial charge < -0.3 is 14.4 Å². The van der Waals surface area contributed by atoms with E-state index >= 15 is 0 Å². The number of cyclic esters (lactones) is 1. The lowest BCUT2D eigenvalue weighted by Gasteiger charge is -2.27. The third-order valence-corrected chi connectivity index (χ3v) is 3.27. The highest BCUT2D eigenvalue weighted by molar-refractivity contribution is 6.11. The fourth-order valence-electron chi connectivity index (χ4n) is 2.22. The predicted octanol–water partition coefficient (Wildman–Crippen LogP) is 1.06. The van der Waals surface area contributed by atoms with Gasteiger partial charge in [0, 0.05) is 18.7 Å². The van der Waals surface area contributed by atoms with Crippen molar-refractivity contribution in [3.8, 4) is 6.07 Å². The van der Waals surface area contributed by atoms with Crippen molar-refractivity contribution in [2.45, 2.75) is 0 Å². The predicted molar refractivity (Wildman–Crippen MR) is 74.1 cm³/mol. The normalized spacial score (nSPS) is 20.6. The first-order chi connectivity index (χ1) is 10.3. The molecule has 0 radical (unpaired) electrons. The van der Waals surface area contributed by atoms with E-state index in [4.69, 9.17) is 9.47 Å². The summed E-state index contributed by atoms with van der Waals surface area (Å²) in [5.74, 6) is -0.353. The Kier molecular flexibility index (Phi) is 3.67. The van der Waals surface area contributed by atoms with Crippen molar-refractivity contribution in [3.63, 3.8) is 0 Å². The number of hydrogen-bond donors (Lipinski definition) is 0. The molecule has 2 aliphatic rings. The Balaban J connectivity index is 1.96. The number of hydrogen-bond acceptors (Lipinski definition) is 6. The molecule has 0 aromatic heterocycles. The van der Waals surface area contributed by atoms with Gasteiger partial charge in [-0.3, -0.25) is 0 Å². The van der Waals surface area contributed by atoms with E-state index in [-0.39, 0.29) is 17.3 Å². The van der Waals surface area contributed by atoms with E-state index in [2.05, 4.69) is 11.1 Å². The van der Waals surface area contributed by atoms with Gasteiger partial charge in [0.05, 0.1) is 13.2 Å². The van der Waals surface area contributed by atoms with Gasteiger partial charge in [-0.25, -0.2) is 9.79 Å². The van der Waals surface area contributed by atoms with Crippen molar-refractivity contribution in [2.24, 2.45) is 4.99 Å². The summed E-state index contributed by atoms with van der Waals surface area (Å²) >= 11 is 0. The molecule has 0 bridgehead atoms. The molecule has 1 saturated heterocycles. The molecule has 0 aliphatic carbocycles. The van der Waals surface area contributed by atoms with Crippen LogP contribution >= 0.6 is 0 Å². The number of nitriles is 1. The standard InChI is InChI=1S/C15H13N3O3/c16-10-12(18-6-8-20-9-7-18)13-15(19)21-14(17-13)11-4-2-1-3-5-11/h1-5H,6-9H2/b13-12-. The molecule has 0 amide bonds. The Hall–Kier alpha value is -2.65. The fourth-order valence-corrected chi connectivity index (χ4v) is 2.22. The second-order valence-corrected chi connectivity index (χ2v) is 4.58. The third-order valence-electron chi connectivity index (χ3n) is 3.27. The number of esters is 1. The fraction of sp³-hybridized carbons (Fsp3) is 0.267. The van der Waals surface area contributed by atoms with Gasteiger partial charge in [-0.1, -0.05) is 18.2 Å². The molecule has 0 N–H and O–H groups in total. The van der Waals surface area contributed by atoms with Crippen LogP contribution in [0.25, 0.3) is 0 Å². The molecule has 1 aromatic carbocycles. The number of ether oxygens (including phenoxy) is 2. The molecular formula is C15H13N3O3. The van der Waals surface area contributed by atoms with E-state index in [1.807, 2.05) is 18.2 Å². The van der Waals surface area contributed by atoms with Crippen LogP contribution in [0.15, 0.2) is 46.7 Å². The van der Waals surface area contributed by atoms with Gasteiger partial charge in [-0.15, -0.1) is 0 Å². The van der Waals surface area contributed by atoms with Crippen molar-refractivity contribution in [3.05, 3.63) is 47.3 Å². The van der Waals surface area contributed by atoms with Crippen LogP contribution in [0, 0.1) is 11.3 Å². The molecule has 0 spiro atoms. The van der Waals surface area contributed by atoms with Crippen molar-refractivity contribution in [1.29, 1.82) is 5.26 Å². The van der Waals surface area contributed by atoms with E-state index in [0.717, 1.165) is 0 Å². The van der Waals surface area contributed by atoms with Gasteiger partial charge in [0.1, 0.15) is 11.8 Å². The van der Waals surface area contributed by atoms with Gasteiger partial charge in [-0.05, 0) is 12.1 Å². The second kappa shape index (κ2) is 5.77. The van der Waals surface area contributed by atoms with Crippen LogP contribution in [-0.2, 0) is 14.3 Å². The minimum absolute atomic E-state index is 0.0678. The zero-order chi connectivity index (χ0) is 14.7. The number of carbonyl (C=O) groups is 1. The minimum Gasteiger partial charge on any atom is -0.402 e. The van der Waals surface area contributed by atoms with Crippen LogP contribution in [0.5, 0.6) is 0 Å². The van der Waals surface area contributed by atoms with Crippen molar-refractivity contribution in [2.75, 3.05) is 26.3 Å². The summed E-state index contributed by atoms with van der Waals surface area (Å²) in [6.07, 6.45) is 0. The molecule has 3 rings (SSSR count). The summed E-state index contributed by atoms with van der Waals surface area (Å²) in [4.78, 5) is 18.0. The molecule has 2 heterocycles. The van der Waals surface area contributed by atoms with E-state index in [0.29, 0.717) is 31.9 Å². The molecule has 106 valence electrons. The molecule has 0 unspecified atom stereocenters. The highest BCUT2D eigenvalue weighted by atomic mass is 16.6. The van der Waals surface area contributed by atoms with Crippen molar-refractivity contribution >= 4 is 11.9 Å². The zero-order valence-corrected chi connectivity index (χ0v) is 11.3.